The summed E-state index contributed by atoms with van der Waals surface area (Å²) in [6.07, 6.45) is 5.32. The second-order valence-electron chi connectivity index (χ2n) is 8.11. The van der Waals surface area contributed by atoms with E-state index in [4.69, 9.17) is 4.42 Å². The van der Waals surface area contributed by atoms with E-state index in [1.165, 1.54) is 24.0 Å². The van der Waals surface area contributed by atoms with Crippen molar-refractivity contribution in [3.63, 3.8) is 0 Å². The van der Waals surface area contributed by atoms with Gasteiger partial charge in [-0.3, -0.25) is 14.5 Å². The molecular formula is C22H29N3O3S. The number of thiophene rings is 1. The number of hydrogen-bond acceptors (Lipinski definition) is 5. The molecule has 29 heavy (non-hydrogen) atoms. The van der Waals surface area contributed by atoms with Gasteiger partial charge in [-0.2, -0.15) is 0 Å². The zero-order valence-corrected chi connectivity index (χ0v) is 17.5. The summed E-state index contributed by atoms with van der Waals surface area (Å²) in [5.41, 5.74) is 0. The Balaban J connectivity index is 1.18. The van der Waals surface area contributed by atoms with E-state index in [2.05, 4.69) is 27.7 Å². The normalized spacial score (nSPS) is 21.2. The molecular weight excluding hydrogens is 386 g/mol. The molecule has 1 N–H and O–H groups in total. The number of furan rings is 1. The van der Waals surface area contributed by atoms with E-state index in [0.29, 0.717) is 37.6 Å². The Hall–Kier alpha value is -2.12. The monoisotopic (exact) mass is 415 g/mol. The van der Waals surface area contributed by atoms with Crippen molar-refractivity contribution >= 4 is 23.2 Å². The van der Waals surface area contributed by atoms with Crippen LogP contribution in [0.2, 0.25) is 0 Å². The lowest BCUT2D eigenvalue weighted by molar-refractivity contribution is -0.126. The van der Waals surface area contributed by atoms with Gasteiger partial charge in [-0.25, -0.2) is 0 Å². The standard InChI is InChI=1S/C22H29N3O3S/c26-21(18-7-10-25(11-8-18)22(27)20-6-2-12-28-20)23-14-17-4-1-9-24(15-17)16-19-5-3-13-29-19/h2-3,5-6,12-13,17-18H,1,4,7-11,14-16H2,(H,23,26). The highest BCUT2D eigenvalue weighted by molar-refractivity contribution is 7.09. The maximum absolute atomic E-state index is 12.6. The second-order valence-corrected chi connectivity index (χ2v) is 9.14. The highest BCUT2D eigenvalue weighted by Crippen LogP contribution is 2.22. The van der Waals surface area contributed by atoms with Crippen LogP contribution in [0.1, 0.15) is 41.1 Å². The molecule has 2 saturated heterocycles. The molecule has 1 unspecified atom stereocenters. The third-order valence-corrected chi connectivity index (χ3v) is 6.87. The molecule has 7 heteroatoms. The first kappa shape index (κ1) is 20.2. The summed E-state index contributed by atoms with van der Waals surface area (Å²) in [4.78, 5) is 30.7. The Labute approximate surface area is 175 Å². The number of hydrogen-bond donors (Lipinski definition) is 1. The van der Waals surface area contributed by atoms with E-state index < -0.39 is 0 Å². The zero-order chi connectivity index (χ0) is 20.1. The topological polar surface area (TPSA) is 65.8 Å². The molecule has 2 aromatic heterocycles. The maximum Gasteiger partial charge on any atom is 0.289 e. The molecule has 2 fully saturated rings. The van der Waals surface area contributed by atoms with E-state index in [-0.39, 0.29) is 17.7 Å². The summed E-state index contributed by atoms with van der Waals surface area (Å²) in [7, 11) is 0. The van der Waals surface area contributed by atoms with Gasteiger partial charge in [0.1, 0.15) is 0 Å². The van der Waals surface area contributed by atoms with Crippen molar-refractivity contribution in [3.05, 3.63) is 46.5 Å². The lowest BCUT2D eigenvalue weighted by Crippen LogP contribution is -2.45. The average Bonchev–Trinajstić information content (AvgIpc) is 3.46. The molecule has 4 heterocycles. The van der Waals surface area contributed by atoms with Crippen LogP contribution in [0, 0.1) is 11.8 Å². The maximum atomic E-state index is 12.6. The molecule has 0 aliphatic carbocycles. The first-order chi connectivity index (χ1) is 14.2. The number of likely N-dealkylation sites (tertiary alicyclic amines) is 2. The van der Waals surface area contributed by atoms with Gasteiger partial charge in [0, 0.05) is 43.5 Å². The molecule has 2 aliphatic rings. The number of rotatable bonds is 6. The van der Waals surface area contributed by atoms with Crippen molar-refractivity contribution in [2.45, 2.75) is 32.2 Å². The van der Waals surface area contributed by atoms with Crippen molar-refractivity contribution in [1.29, 1.82) is 0 Å². The Bertz CT molecular complexity index is 782. The van der Waals surface area contributed by atoms with Crippen LogP contribution in [0.4, 0.5) is 0 Å². The first-order valence-electron chi connectivity index (χ1n) is 10.5. The molecule has 2 amide bonds. The van der Waals surface area contributed by atoms with E-state index in [9.17, 15) is 9.59 Å². The Kier molecular flexibility index (Phi) is 6.67. The molecule has 0 bridgehead atoms. The number of nitrogens with zero attached hydrogens (tertiary/aromatic N) is 2. The molecule has 2 aliphatic heterocycles. The number of amides is 2. The van der Waals surface area contributed by atoms with Crippen molar-refractivity contribution in [3.8, 4) is 0 Å². The van der Waals surface area contributed by atoms with Crippen molar-refractivity contribution in [2.24, 2.45) is 11.8 Å². The van der Waals surface area contributed by atoms with E-state index >= 15 is 0 Å². The SMILES string of the molecule is O=C(NCC1CCCN(Cc2cccs2)C1)C1CCN(C(=O)c2ccco2)CC1. The summed E-state index contributed by atoms with van der Waals surface area (Å²) in [5.74, 6) is 0.958. The van der Waals surface area contributed by atoms with Crippen molar-refractivity contribution < 1.29 is 14.0 Å². The molecule has 1 atom stereocenters. The Morgan fingerprint density at radius 2 is 2.00 bits per heavy atom. The second kappa shape index (κ2) is 9.59. The summed E-state index contributed by atoms with van der Waals surface area (Å²) in [6.45, 7) is 5.18. The molecule has 2 aromatic rings. The van der Waals surface area contributed by atoms with Crippen LogP contribution in [0.15, 0.2) is 40.3 Å². The van der Waals surface area contributed by atoms with E-state index in [1.54, 1.807) is 17.0 Å². The largest absolute Gasteiger partial charge is 0.459 e. The Morgan fingerprint density at radius 1 is 1.14 bits per heavy atom. The molecule has 6 nitrogen and oxygen atoms in total. The lowest BCUT2D eigenvalue weighted by atomic mass is 9.94. The predicted octanol–water partition coefficient (Wildman–Crippen LogP) is 3.22. The highest BCUT2D eigenvalue weighted by Gasteiger charge is 2.29. The number of piperidine rings is 2. The van der Waals surface area contributed by atoms with E-state index in [1.807, 2.05) is 11.3 Å². The minimum atomic E-state index is -0.0816. The predicted molar refractivity (Wildman–Crippen MR) is 113 cm³/mol. The van der Waals surface area contributed by atoms with Crippen LogP contribution in [0.25, 0.3) is 0 Å². The van der Waals surface area contributed by atoms with Gasteiger partial charge in [-0.15, -0.1) is 11.3 Å². The molecule has 0 saturated carbocycles. The fourth-order valence-electron chi connectivity index (χ4n) is 4.37. The fraction of sp³-hybridized carbons (Fsp3) is 0.545. The van der Waals surface area contributed by atoms with Crippen molar-refractivity contribution in [1.82, 2.24) is 15.1 Å². The molecule has 0 aromatic carbocycles. The van der Waals surface area contributed by atoms with Gasteiger partial charge in [-0.05, 0) is 61.7 Å². The van der Waals surface area contributed by atoms with Gasteiger partial charge in [0.2, 0.25) is 5.91 Å². The summed E-state index contributed by atoms with van der Waals surface area (Å²) in [6, 6.07) is 7.71. The van der Waals surface area contributed by atoms with Gasteiger partial charge >= 0.3 is 0 Å². The van der Waals surface area contributed by atoms with Gasteiger partial charge in [0.15, 0.2) is 5.76 Å². The molecule has 156 valence electrons. The average molecular weight is 416 g/mol. The summed E-state index contributed by atoms with van der Waals surface area (Å²) >= 11 is 1.81. The third-order valence-electron chi connectivity index (χ3n) is 6.01. The number of nitrogens with one attached hydrogen (secondary N) is 1. The lowest BCUT2D eigenvalue weighted by Gasteiger charge is -2.34. The van der Waals surface area contributed by atoms with Crippen LogP contribution in [0.3, 0.4) is 0 Å². The van der Waals surface area contributed by atoms with Crippen LogP contribution in [-0.4, -0.2) is 54.3 Å². The zero-order valence-electron chi connectivity index (χ0n) is 16.7. The quantitative estimate of drug-likeness (QED) is 0.787. The van der Waals surface area contributed by atoms with Crippen LogP contribution in [-0.2, 0) is 11.3 Å². The molecule has 4 rings (SSSR count). The van der Waals surface area contributed by atoms with Gasteiger partial charge in [0.05, 0.1) is 6.26 Å². The summed E-state index contributed by atoms with van der Waals surface area (Å²) in [5, 5.41) is 5.32. The fourth-order valence-corrected chi connectivity index (χ4v) is 5.12. The van der Waals surface area contributed by atoms with Crippen LogP contribution >= 0.6 is 11.3 Å². The van der Waals surface area contributed by atoms with Crippen molar-refractivity contribution in [2.75, 3.05) is 32.7 Å². The minimum absolute atomic E-state index is 0.00136. The highest BCUT2D eigenvalue weighted by atomic mass is 32.1. The van der Waals surface area contributed by atoms with Crippen LogP contribution in [0.5, 0.6) is 0 Å². The summed E-state index contributed by atoms with van der Waals surface area (Å²) < 4.78 is 5.20. The molecule has 0 spiro atoms. The van der Waals surface area contributed by atoms with Gasteiger partial charge in [0.25, 0.3) is 5.91 Å². The number of carbonyl (C=O) groups is 2. The van der Waals surface area contributed by atoms with Gasteiger partial charge in [-0.1, -0.05) is 6.07 Å². The third kappa shape index (κ3) is 5.28. The minimum Gasteiger partial charge on any atom is -0.459 e. The smallest absolute Gasteiger partial charge is 0.289 e. The first-order valence-corrected chi connectivity index (χ1v) is 11.4. The Morgan fingerprint density at radius 3 is 2.72 bits per heavy atom. The molecule has 0 radical (unpaired) electrons. The van der Waals surface area contributed by atoms with E-state index in [0.717, 1.165) is 26.2 Å². The van der Waals surface area contributed by atoms with Crippen LogP contribution < -0.4 is 5.32 Å². The number of carbonyl (C=O) groups excluding carboxylic acids is 2. The van der Waals surface area contributed by atoms with Gasteiger partial charge < -0.3 is 14.6 Å².